The molecule has 1 rings (SSSR count). The molecule has 0 saturated carbocycles. The standard InChI is InChI=1S/C13H23NO/c1-4-5-6-7-8-9-13(2,3)12-10-14-15-11-12/h10-11H,4-9H2,1-3H3. The Morgan fingerprint density at radius 3 is 2.53 bits per heavy atom. The van der Waals surface area contributed by atoms with E-state index in [0.29, 0.717) is 0 Å². The zero-order chi connectivity index (χ0) is 11.1. The predicted molar refractivity (Wildman–Crippen MR) is 62.9 cm³/mol. The minimum Gasteiger partial charge on any atom is -0.364 e. The van der Waals surface area contributed by atoms with Crippen LogP contribution < -0.4 is 0 Å². The van der Waals surface area contributed by atoms with Crippen LogP contribution in [0.1, 0.15) is 64.9 Å². The number of aromatic nitrogens is 1. The van der Waals surface area contributed by atoms with Gasteiger partial charge >= 0.3 is 0 Å². The van der Waals surface area contributed by atoms with Gasteiger partial charge in [0.1, 0.15) is 6.26 Å². The molecule has 0 amide bonds. The summed E-state index contributed by atoms with van der Waals surface area (Å²) >= 11 is 0. The van der Waals surface area contributed by atoms with Gasteiger partial charge in [0.15, 0.2) is 0 Å². The third kappa shape index (κ3) is 4.06. The van der Waals surface area contributed by atoms with E-state index in [0.717, 1.165) is 0 Å². The fourth-order valence-corrected chi connectivity index (χ4v) is 1.85. The molecule has 2 nitrogen and oxygen atoms in total. The molecular weight excluding hydrogens is 186 g/mol. The second kappa shape index (κ2) is 5.94. The molecule has 1 aromatic rings. The van der Waals surface area contributed by atoms with Crippen LogP contribution in [0.5, 0.6) is 0 Å². The molecule has 0 fully saturated rings. The second-order valence-electron chi connectivity index (χ2n) is 4.96. The number of nitrogens with zero attached hydrogens (tertiary/aromatic N) is 1. The first-order valence-electron chi connectivity index (χ1n) is 6.06. The maximum atomic E-state index is 4.90. The fourth-order valence-electron chi connectivity index (χ4n) is 1.85. The molecule has 0 aliphatic rings. The zero-order valence-electron chi connectivity index (χ0n) is 10.3. The van der Waals surface area contributed by atoms with Crippen molar-refractivity contribution in [3.05, 3.63) is 18.0 Å². The van der Waals surface area contributed by atoms with Crippen molar-refractivity contribution in [1.29, 1.82) is 0 Å². The van der Waals surface area contributed by atoms with Gasteiger partial charge in [0.25, 0.3) is 0 Å². The van der Waals surface area contributed by atoms with Gasteiger partial charge in [-0.1, -0.05) is 58.0 Å². The molecule has 86 valence electrons. The van der Waals surface area contributed by atoms with Gasteiger partial charge in [0, 0.05) is 5.56 Å². The minimum absolute atomic E-state index is 0.214. The van der Waals surface area contributed by atoms with E-state index in [4.69, 9.17) is 4.52 Å². The summed E-state index contributed by atoms with van der Waals surface area (Å²) in [5.74, 6) is 0. The van der Waals surface area contributed by atoms with Crippen LogP contribution in [0.2, 0.25) is 0 Å². The van der Waals surface area contributed by atoms with Gasteiger partial charge in [-0.05, 0) is 11.8 Å². The van der Waals surface area contributed by atoms with Gasteiger partial charge in [0.2, 0.25) is 0 Å². The first kappa shape index (κ1) is 12.3. The highest BCUT2D eigenvalue weighted by atomic mass is 16.5. The number of rotatable bonds is 7. The molecule has 0 aliphatic heterocycles. The van der Waals surface area contributed by atoms with Crippen molar-refractivity contribution in [2.45, 2.75) is 64.7 Å². The second-order valence-corrected chi connectivity index (χ2v) is 4.96. The first-order chi connectivity index (χ1) is 7.17. The lowest BCUT2D eigenvalue weighted by Crippen LogP contribution is -2.15. The van der Waals surface area contributed by atoms with Crippen molar-refractivity contribution in [3.63, 3.8) is 0 Å². The molecule has 0 atom stereocenters. The smallest absolute Gasteiger partial charge is 0.127 e. The van der Waals surface area contributed by atoms with Gasteiger partial charge in [0.05, 0.1) is 6.20 Å². The van der Waals surface area contributed by atoms with Crippen LogP contribution in [0.3, 0.4) is 0 Å². The Balaban J connectivity index is 2.25. The Hall–Kier alpha value is -0.790. The van der Waals surface area contributed by atoms with Crippen molar-refractivity contribution < 1.29 is 4.52 Å². The van der Waals surface area contributed by atoms with Crippen molar-refractivity contribution in [2.75, 3.05) is 0 Å². The monoisotopic (exact) mass is 209 g/mol. The lowest BCUT2D eigenvalue weighted by Gasteiger charge is -2.22. The predicted octanol–water partition coefficient (Wildman–Crippen LogP) is 4.31. The third-order valence-electron chi connectivity index (χ3n) is 3.12. The normalized spacial score (nSPS) is 11.9. The molecule has 0 unspecified atom stereocenters. The van der Waals surface area contributed by atoms with E-state index in [-0.39, 0.29) is 5.41 Å². The molecule has 0 aliphatic carbocycles. The van der Waals surface area contributed by atoms with E-state index in [1.165, 1.54) is 44.1 Å². The van der Waals surface area contributed by atoms with Gasteiger partial charge in [-0.15, -0.1) is 0 Å². The minimum atomic E-state index is 0.214. The summed E-state index contributed by atoms with van der Waals surface area (Å²) in [6.45, 7) is 6.78. The summed E-state index contributed by atoms with van der Waals surface area (Å²) in [6, 6.07) is 0. The molecule has 0 N–H and O–H groups in total. The van der Waals surface area contributed by atoms with E-state index in [9.17, 15) is 0 Å². The fraction of sp³-hybridized carbons (Fsp3) is 0.769. The van der Waals surface area contributed by atoms with Crippen LogP contribution in [-0.2, 0) is 5.41 Å². The molecule has 0 spiro atoms. The summed E-state index contributed by atoms with van der Waals surface area (Å²) in [4.78, 5) is 0. The largest absolute Gasteiger partial charge is 0.364 e. The van der Waals surface area contributed by atoms with Crippen LogP contribution in [-0.4, -0.2) is 5.16 Å². The summed E-state index contributed by atoms with van der Waals surface area (Å²) in [5, 5.41) is 3.77. The molecule has 0 saturated heterocycles. The molecule has 2 heteroatoms. The van der Waals surface area contributed by atoms with E-state index in [1.54, 1.807) is 6.26 Å². The Bertz CT molecular complexity index is 252. The molecule has 0 aromatic carbocycles. The van der Waals surface area contributed by atoms with E-state index in [1.807, 2.05) is 6.20 Å². The van der Waals surface area contributed by atoms with Crippen LogP contribution in [0.4, 0.5) is 0 Å². The van der Waals surface area contributed by atoms with Gasteiger partial charge in [-0.25, -0.2) is 0 Å². The highest BCUT2D eigenvalue weighted by Gasteiger charge is 2.21. The Labute approximate surface area is 93.0 Å². The first-order valence-corrected chi connectivity index (χ1v) is 6.06. The summed E-state index contributed by atoms with van der Waals surface area (Å²) in [5.41, 5.74) is 1.43. The SMILES string of the molecule is CCCCCCCC(C)(C)c1cnoc1. The highest BCUT2D eigenvalue weighted by molar-refractivity contribution is 5.14. The van der Waals surface area contributed by atoms with Gasteiger partial charge < -0.3 is 4.52 Å². The van der Waals surface area contributed by atoms with Gasteiger partial charge in [-0.2, -0.15) is 0 Å². The van der Waals surface area contributed by atoms with E-state index >= 15 is 0 Å². The maximum absolute atomic E-state index is 4.90. The third-order valence-corrected chi connectivity index (χ3v) is 3.12. The lowest BCUT2D eigenvalue weighted by molar-refractivity contribution is 0.408. The molecular formula is C13H23NO. The zero-order valence-corrected chi connectivity index (χ0v) is 10.3. The summed E-state index contributed by atoms with van der Waals surface area (Å²) < 4.78 is 4.90. The van der Waals surface area contributed by atoms with Crippen molar-refractivity contribution >= 4 is 0 Å². The molecule has 1 heterocycles. The topological polar surface area (TPSA) is 26.0 Å². The van der Waals surface area contributed by atoms with Crippen LogP contribution in [0, 0.1) is 0 Å². The molecule has 15 heavy (non-hydrogen) atoms. The summed E-state index contributed by atoms with van der Waals surface area (Å²) in [6.07, 6.45) is 11.5. The van der Waals surface area contributed by atoms with Crippen molar-refractivity contribution in [3.8, 4) is 0 Å². The molecule has 0 bridgehead atoms. The Morgan fingerprint density at radius 2 is 1.93 bits per heavy atom. The Kier molecular flexibility index (Phi) is 4.86. The quantitative estimate of drug-likeness (QED) is 0.625. The maximum Gasteiger partial charge on any atom is 0.127 e. The summed E-state index contributed by atoms with van der Waals surface area (Å²) in [7, 11) is 0. The van der Waals surface area contributed by atoms with Crippen molar-refractivity contribution in [2.24, 2.45) is 0 Å². The van der Waals surface area contributed by atoms with Crippen molar-refractivity contribution in [1.82, 2.24) is 5.16 Å². The number of hydrogen-bond acceptors (Lipinski definition) is 2. The van der Waals surface area contributed by atoms with Crippen LogP contribution in [0.15, 0.2) is 17.0 Å². The lowest BCUT2D eigenvalue weighted by atomic mass is 9.82. The van der Waals surface area contributed by atoms with Crippen LogP contribution in [0.25, 0.3) is 0 Å². The van der Waals surface area contributed by atoms with E-state index < -0.39 is 0 Å². The highest BCUT2D eigenvalue weighted by Crippen LogP contribution is 2.28. The van der Waals surface area contributed by atoms with Gasteiger partial charge in [-0.3, -0.25) is 0 Å². The molecule has 0 radical (unpaired) electrons. The molecule has 1 aromatic heterocycles. The number of unbranched alkanes of at least 4 members (excludes halogenated alkanes) is 4. The average molecular weight is 209 g/mol. The Morgan fingerprint density at radius 1 is 1.20 bits per heavy atom. The average Bonchev–Trinajstić information content (AvgIpc) is 2.70. The van der Waals surface area contributed by atoms with E-state index in [2.05, 4.69) is 25.9 Å². The van der Waals surface area contributed by atoms with Crippen LogP contribution >= 0.6 is 0 Å². The number of hydrogen-bond donors (Lipinski definition) is 0.